The van der Waals surface area contributed by atoms with E-state index in [9.17, 15) is 0 Å². The molecule has 0 saturated heterocycles. The first-order valence-electron chi connectivity index (χ1n) is 6.33. The highest BCUT2D eigenvalue weighted by atomic mass is 35.5. The van der Waals surface area contributed by atoms with Crippen molar-refractivity contribution in [3.8, 4) is 0 Å². The van der Waals surface area contributed by atoms with Gasteiger partial charge in [-0.1, -0.05) is 47.1 Å². The zero-order chi connectivity index (χ0) is 14.5. The molecule has 0 aliphatic rings. The average molecular weight is 305 g/mol. The molecule has 0 saturated carbocycles. The Balaban J connectivity index is 2.03. The summed E-state index contributed by atoms with van der Waals surface area (Å²) in [6, 6.07) is 13.8. The third kappa shape index (κ3) is 4.29. The van der Waals surface area contributed by atoms with Crippen LogP contribution in [0, 0.1) is 13.8 Å². The van der Waals surface area contributed by atoms with Gasteiger partial charge in [0.15, 0.2) is 5.17 Å². The summed E-state index contributed by atoms with van der Waals surface area (Å²) in [5.74, 6) is 0.830. The second kappa shape index (κ2) is 6.82. The minimum atomic E-state index is 0.563. The standard InChI is InChI=1S/C16H17ClN2S/c1-11-3-4-12(2)13(9-11)10-20-16(18)19-15-7-5-14(17)6-8-15/h3-9H,10H2,1-2H3,(H2,18,19). The van der Waals surface area contributed by atoms with E-state index >= 15 is 0 Å². The van der Waals surface area contributed by atoms with Crippen LogP contribution in [0.1, 0.15) is 16.7 Å². The Kier molecular flexibility index (Phi) is 5.10. The molecule has 0 aromatic heterocycles. The first-order valence-corrected chi connectivity index (χ1v) is 7.69. The van der Waals surface area contributed by atoms with Crippen molar-refractivity contribution in [2.75, 3.05) is 0 Å². The molecule has 2 rings (SSSR count). The molecule has 2 nitrogen and oxygen atoms in total. The van der Waals surface area contributed by atoms with Crippen molar-refractivity contribution >= 4 is 34.2 Å². The summed E-state index contributed by atoms with van der Waals surface area (Å²) in [5.41, 5.74) is 10.6. The van der Waals surface area contributed by atoms with Crippen molar-refractivity contribution in [1.29, 1.82) is 0 Å². The number of aliphatic imine (C=N–C) groups is 1. The van der Waals surface area contributed by atoms with Gasteiger partial charge >= 0.3 is 0 Å². The molecule has 0 aliphatic carbocycles. The molecule has 0 radical (unpaired) electrons. The summed E-state index contributed by atoms with van der Waals surface area (Å²) in [4.78, 5) is 4.37. The molecule has 0 spiro atoms. The van der Waals surface area contributed by atoms with Crippen molar-refractivity contribution in [3.05, 3.63) is 64.2 Å². The van der Waals surface area contributed by atoms with E-state index in [0.717, 1.165) is 11.4 Å². The lowest BCUT2D eigenvalue weighted by Gasteiger charge is -2.06. The minimum absolute atomic E-state index is 0.563. The first-order chi connectivity index (χ1) is 9.54. The van der Waals surface area contributed by atoms with Crippen molar-refractivity contribution in [1.82, 2.24) is 0 Å². The van der Waals surface area contributed by atoms with Crippen LogP contribution in [0.3, 0.4) is 0 Å². The number of thioether (sulfide) groups is 1. The van der Waals surface area contributed by atoms with E-state index in [2.05, 4.69) is 37.0 Å². The molecule has 0 unspecified atom stereocenters. The molecule has 2 N–H and O–H groups in total. The predicted molar refractivity (Wildman–Crippen MR) is 89.9 cm³/mol. The van der Waals surface area contributed by atoms with Crippen LogP contribution in [0.2, 0.25) is 5.02 Å². The molecule has 104 valence electrons. The maximum absolute atomic E-state index is 5.96. The quantitative estimate of drug-likeness (QED) is 0.651. The lowest BCUT2D eigenvalue weighted by atomic mass is 10.1. The minimum Gasteiger partial charge on any atom is -0.378 e. The molecule has 0 bridgehead atoms. The maximum Gasteiger partial charge on any atom is 0.159 e. The third-order valence-corrected chi connectivity index (χ3v) is 4.04. The van der Waals surface area contributed by atoms with Crippen LogP contribution in [-0.4, -0.2) is 5.17 Å². The van der Waals surface area contributed by atoms with Gasteiger partial charge in [0.05, 0.1) is 5.69 Å². The largest absolute Gasteiger partial charge is 0.378 e. The number of aryl methyl sites for hydroxylation is 2. The molecule has 20 heavy (non-hydrogen) atoms. The Labute approximate surface area is 129 Å². The Morgan fingerprint density at radius 2 is 1.85 bits per heavy atom. The lowest BCUT2D eigenvalue weighted by molar-refractivity contribution is 1.28. The van der Waals surface area contributed by atoms with E-state index in [1.165, 1.54) is 16.7 Å². The Morgan fingerprint density at radius 1 is 1.15 bits per heavy atom. The first kappa shape index (κ1) is 14.9. The van der Waals surface area contributed by atoms with Crippen LogP contribution in [0.4, 0.5) is 5.69 Å². The molecule has 0 amide bonds. The monoisotopic (exact) mass is 304 g/mol. The maximum atomic E-state index is 5.96. The van der Waals surface area contributed by atoms with Crippen molar-refractivity contribution < 1.29 is 0 Å². The van der Waals surface area contributed by atoms with E-state index in [4.69, 9.17) is 17.3 Å². The molecule has 0 heterocycles. The highest BCUT2D eigenvalue weighted by Gasteiger charge is 2.02. The molecule has 0 atom stereocenters. The van der Waals surface area contributed by atoms with E-state index in [0.29, 0.717) is 10.2 Å². The van der Waals surface area contributed by atoms with E-state index in [1.807, 2.05) is 24.3 Å². The summed E-state index contributed by atoms with van der Waals surface area (Å²) in [6.07, 6.45) is 0. The fourth-order valence-electron chi connectivity index (χ4n) is 1.78. The fourth-order valence-corrected chi connectivity index (χ4v) is 2.69. The fraction of sp³-hybridized carbons (Fsp3) is 0.188. The van der Waals surface area contributed by atoms with Gasteiger partial charge in [-0.25, -0.2) is 4.99 Å². The molecule has 0 aliphatic heterocycles. The zero-order valence-corrected chi connectivity index (χ0v) is 13.1. The number of benzene rings is 2. The van der Waals surface area contributed by atoms with Crippen LogP contribution in [0.25, 0.3) is 0 Å². The molecule has 4 heteroatoms. The number of hydrogen-bond donors (Lipinski definition) is 1. The smallest absolute Gasteiger partial charge is 0.159 e. The van der Waals surface area contributed by atoms with Gasteiger partial charge in [-0.15, -0.1) is 0 Å². The van der Waals surface area contributed by atoms with Crippen LogP contribution >= 0.6 is 23.4 Å². The van der Waals surface area contributed by atoms with Gasteiger partial charge in [-0.3, -0.25) is 0 Å². The second-order valence-electron chi connectivity index (χ2n) is 4.65. The van der Waals surface area contributed by atoms with Crippen LogP contribution in [0.15, 0.2) is 47.5 Å². The molecular weight excluding hydrogens is 288 g/mol. The molecular formula is C16H17ClN2S. The predicted octanol–water partition coefficient (Wildman–Crippen LogP) is 4.84. The van der Waals surface area contributed by atoms with Gasteiger partial charge < -0.3 is 5.73 Å². The van der Waals surface area contributed by atoms with Gasteiger partial charge in [0.1, 0.15) is 0 Å². The lowest BCUT2D eigenvalue weighted by Crippen LogP contribution is -2.06. The summed E-state index contributed by atoms with van der Waals surface area (Å²) in [5, 5.41) is 1.26. The van der Waals surface area contributed by atoms with Crippen molar-refractivity contribution in [2.45, 2.75) is 19.6 Å². The van der Waals surface area contributed by atoms with Gasteiger partial charge in [-0.05, 0) is 49.2 Å². The average Bonchev–Trinajstić information content (AvgIpc) is 2.42. The van der Waals surface area contributed by atoms with Crippen LogP contribution < -0.4 is 5.73 Å². The van der Waals surface area contributed by atoms with Gasteiger partial charge in [0, 0.05) is 10.8 Å². The Hall–Kier alpha value is -1.45. The van der Waals surface area contributed by atoms with Gasteiger partial charge in [0.2, 0.25) is 0 Å². The second-order valence-corrected chi connectivity index (χ2v) is 6.08. The van der Waals surface area contributed by atoms with E-state index < -0.39 is 0 Å². The van der Waals surface area contributed by atoms with Crippen molar-refractivity contribution in [2.24, 2.45) is 10.7 Å². The summed E-state index contributed by atoms with van der Waals surface area (Å²) < 4.78 is 0. The molecule has 2 aromatic rings. The highest BCUT2D eigenvalue weighted by Crippen LogP contribution is 2.21. The van der Waals surface area contributed by atoms with Gasteiger partial charge in [0.25, 0.3) is 0 Å². The summed E-state index contributed by atoms with van der Waals surface area (Å²) >= 11 is 7.38. The number of nitrogens with zero attached hydrogens (tertiary/aromatic N) is 1. The summed E-state index contributed by atoms with van der Waals surface area (Å²) in [7, 11) is 0. The highest BCUT2D eigenvalue weighted by molar-refractivity contribution is 8.13. The Bertz CT molecular complexity index is 621. The van der Waals surface area contributed by atoms with E-state index in [-0.39, 0.29) is 0 Å². The third-order valence-electron chi connectivity index (χ3n) is 2.95. The normalized spacial score (nSPS) is 11.7. The zero-order valence-electron chi connectivity index (χ0n) is 11.6. The number of halogens is 1. The molecule has 2 aromatic carbocycles. The Morgan fingerprint density at radius 3 is 2.55 bits per heavy atom. The number of rotatable bonds is 3. The van der Waals surface area contributed by atoms with Crippen LogP contribution in [0.5, 0.6) is 0 Å². The van der Waals surface area contributed by atoms with Crippen LogP contribution in [-0.2, 0) is 5.75 Å². The summed E-state index contributed by atoms with van der Waals surface area (Å²) in [6.45, 7) is 4.21. The number of hydrogen-bond acceptors (Lipinski definition) is 2. The van der Waals surface area contributed by atoms with Gasteiger partial charge in [-0.2, -0.15) is 0 Å². The topological polar surface area (TPSA) is 38.4 Å². The van der Waals surface area contributed by atoms with Crippen molar-refractivity contribution in [3.63, 3.8) is 0 Å². The molecule has 0 fully saturated rings. The van der Waals surface area contributed by atoms with E-state index in [1.54, 1.807) is 11.8 Å². The number of amidine groups is 1. The SMILES string of the molecule is Cc1ccc(C)c(CSC(N)=Nc2ccc(Cl)cc2)c1. The number of nitrogens with two attached hydrogens (primary N) is 1.